The van der Waals surface area contributed by atoms with Gasteiger partial charge in [-0.05, 0) is 31.0 Å². The summed E-state index contributed by atoms with van der Waals surface area (Å²) in [6.07, 6.45) is 0.956. The van der Waals surface area contributed by atoms with Gasteiger partial charge in [0.2, 0.25) is 0 Å². The van der Waals surface area contributed by atoms with Gasteiger partial charge in [0.1, 0.15) is 10.7 Å². The third-order valence-corrected chi connectivity index (χ3v) is 4.32. The zero-order chi connectivity index (χ0) is 16.8. The Balaban J connectivity index is 1.95. The minimum absolute atomic E-state index is 0.0256. The van der Waals surface area contributed by atoms with Gasteiger partial charge < -0.3 is 10.4 Å². The number of hydrogen-bond donors (Lipinski definition) is 2. The fourth-order valence-electron chi connectivity index (χ4n) is 2.04. The van der Waals surface area contributed by atoms with E-state index in [-0.39, 0.29) is 18.1 Å². The van der Waals surface area contributed by atoms with Gasteiger partial charge in [0.25, 0.3) is 5.91 Å². The molecule has 122 valence electrons. The molecule has 2 N–H and O–H groups in total. The first-order valence-electron chi connectivity index (χ1n) is 7.16. The Morgan fingerprint density at radius 2 is 2.00 bits per heavy atom. The number of hydrogen-bond acceptors (Lipinski definition) is 4. The number of carbonyl (C=O) groups excluding carboxylic acids is 1. The molecule has 0 radical (unpaired) electrons. The number of nitrogens with one attached hydrogen (secondary N) is 1. The highest BCUT2D eigenvalue weighted by Gasteiger charge is 2.15. The maximum Gasteiger partial charge on any atom is 0.303 e. The summed E-state index contributed by atoms with van der Waals surface area (Å²) in [5.41, 5.74) is 1.57. The third-order valence-electron chi connectivity index (χ3n) is 3.17. The average molecular weight is 336 g/mol. The van der Waals surface area contributed by atoms with Crippen LogP contribution >= 0.6 is 11.3 Å². The van der Waals surface area contributed by atoms with Crippen molar-refractivity contribution in [3.63, 3.8) is 0 Å². The van der Waals surface area contributed by atoms with Gasteiger partial charge in [-0.1, -0.05) is 12.1 Å². The number of carboxylic acid groups (broad SMARTS) is 1. The van der Waals surface area contributed by atoms with Crippen molar-refractivity contribution in [2.45, 2.75) is 26.2 Å². The number of nitrogens with zero attached hydrogens (tertiary/aromatic N) is 1. The summed E-state index contributed by atoms with van der Waals surface area (Å²) >= 11 is 1.30. The molecule has 0 bridgehead atoms. The van der Waals surface area contributed by atoms with Gasteiger partial charge in [0, 0.05) is 19.4 Å². The van der Waals surface area contributed by atoms with Crippen LogP contribution in [0.3, 0.4) is 0 Å². The molecule has 23 heavy (non-hydrogen) atoms. The van der Waals surface area contributed by atoms with Gasteiger partial charge in [-0.25, -0.2) is 9.37 Å². The van der Waals surface area contributed by atoms with E-state index in [9.17, 15) is 14.0 Å². The van der Waals surface area contributed by atoms with Crippen molar-refractivity contribution in [2.75, 3.05) is 6.54 Å². The topological polar surface area (TPSA) is 79.3 Å². The summed E-state index contributed by atoms with van der Waals surface area (Å²) in [4.78, 5) is 27.4. The van der Waals surface area contributed by atoms with Crippen LogP contribution < -0.4 is 5.32 Å². The van der Waals surface area contributed by atoms with Crippen LogP contribution in [-0.2, 0) is 11.2 Å². The molecule has 1 aromatic heterocycles. The highest BCUT2D eigenvalue weighted by Crippen LogP contribution is 2.21. The molecule has 0 aliphatic heterocycles. The largest absolute Gasteiger partial charge is 0.481 e. The lowest BCUT2D eigenvalue weighted by Gasteiger charge is -2.02. The molecular formula is C16H17FN2O3S. The number of rotatable bonds is 7. The highest BCUT2D eigenvalue weighted by atomic mass is 32.1. The number of aromatic nitrogens is 1. The zero-order valence-electron chi connectivity index (χ0n) is 12.6. The molecule has 0 saturated heterocycles. The summed E-state index contributed by atoms with van der Waals surface area (Å²) in [6, 6.07) is 6.17. The zero-order valence-corrected chi connectivity index (χ0v) is 13.5. The first-order chi connectivity index (χ1) is 11.0. The third kappa shape index (κ3) is 5.14. The second kappa shape index (κ2) is 7.82. The molecule has 0 spiro atoms. The predicted octanol–water partition coefficient (Wildman–Crippen LogP) is 2.78. The summed E-state index contributed by atoms with van der Waals surface area (Å²) < 4.78 is 12.9. The fourth-order valence-corrected chi connectivity index (χ4v) is 3.05. The van der Waals surface area contributed by atoms with E-state index < -0.39 is 5.97 Å². The van der Waals surface area contributed by atoms with E-state index in [0.717, 1.165) is 10.6 Å². The van der Waals surface area contributed by atoms with Gasteiger partial charge in [0.15, 0.2) is 0 Å². The average Bonchev–Trinajstić information content (AvgIpc) is 2.86. The fraction of sp³-hybridized carbons (Fsp3) is 0.312. The number of benzene rings is 1. The molecular weight excluding hydrogens is 319 g/mol. The minimum atomic E-state index is -0.880. The Morgan fingerprint density at radius 3 is 2.65 bits per heavy atom. The van der Waals surface area contributed by atoms with Crippen molar-refractivity contribution in [3.05, 3.63) is 51.2 Å². The van der Waals surface area contributed by atoms with Crippen LogP contribution in [0.2, 0.25) is 0 Å². The highest BCUT2D eigenvalue weighted by molar-refractivity contribution is 7.13. The lowest BCUT2D eigenvalue weighted by atomic mass is 10.1. The van der Waals surface area contributed by atoms with Crippen LogP contribution in [0, 0.1) is 12.7 Å². The molecule has 0 saturated carbocycles. The first-order valence-corrected chi connectivity index (χ1v) is 7.98. The number of aryl methyl sites for hydroxylation is 1. The molecule has 5 nitrogen and oxygen atoms in total. The van der Waals surface area contributed by atoms with E-state index in [4.69, 9.17) is 5.11 Å². The van der Waals surface area contributed by atoms with Crippen molar-refractivity contribution in [1.29, 1.82) is 0 Å². The molecule has 0 aliphatic carbocycles. The molecule has 1 aromatic carbocycles. The maximum atomic E-state index is 12.9. The molecule has 1 amide bonds. The van der Waals surface area contributed by atoms with E-state index in [1.165, 1.54) is 23.5 Å². The Kier molecular flexibility index (Phi) is 5.81. The van der Waals surface area contributed by atoms with E-state index in [1.54, 1.807) is 19.1 Å². The molecule has 0 unspecified atom stereocenters. The van der Waals surface area contributed by atoms with E-state index in [2.05, 4.69) is 10.3 Å². The van der Waals surface area contributed by atoms with Crippen LogP contribution in [-0.4, -0.2) is 28.5 Å². The Hall–Kier alpha value is -2.28. The molecule has 2 aromatic rings. The lowest BCUT2D eigenvalue weighted by Crippen LogP contribution is -2.24. The predicted molar refractivity (Wildman–Crippen MR) is 85.3 cm³/mol. The van der Waals surface area contributed by atoms with Gasteiger partial charge in [-0.15, -0.1) is 11.3 Å². The smallest absolute Gasteiger partial charge is 0.303 e. The lowest BCUT2D eigenvalue weighted by molar-refractivity contribution is -0.137. The molecule has 2 rings (SSSR count). The van der Waals surface area contributed by atoms with Crippen LogP contribution in [0.1, 0.15) is 38.8 Å². The van der Waals surface area contributed by atoms with Crippen molar-refractivity contribution in [1.82, 2.24) is 10.3 Å². The molecule has 7 heteroatoms. The van der Waals surface area contributed by atoms with Crippen molar-refractivity contribution in [2.24, 2.45) is 0 Å². The second-order valence-electron chi connectivity index (χ2n) is 5.08. The Labute approximate surface area is 137 Å². The standard InChI is InChI=1S/C16H17FN2O3S/c1-10-15(16(22)18-8-2-3-14(20)21)23-13(19-10)9-11-4-6-12(17)7-5-11/h4-7H,2-3,8-9H2,1H3,(H,18,22)(H,20,21). The molecule has 0 fully saturated rings. The van der Waals surface area contributed by atoms with Gasteiger partial charge in [0.05, 0.1) is 10.7 Å². The number of thiazole rings is 1. The monoisotopic (exact) mass is 336 g/mol. The van der Waals surface area contributed by atoms with Crippen LogP contribution in [0.5, 0.6) is 0 Å². The molecule has 1 heterocycles. The number of carboxylic acids is 1. The summed E-state index contributed by atoms with van der Waals surface area (Å²) in [7, 11) is 0. The van der Waals surface area contributed by atoms with Crippen molar-refractivity contribution in [3.8, 4) is 0 Å². The quantitative estimate of drug-likeness (QED) is 0.762. The van der Waals surface area contributed by atoms with Gasteiger partial charge in [-0.2, -0.15) is 0 Å². The molecule has 0 aliphatic rings. The number of halogens is 1. The second-order valence-corrected chi connectivity index (χ2v) is 6.16. The normalized spacial score (nSPS) is 10.5. The number of amides is 1. The first kappa shape index (κ1) is 17.1. The summed E-state index contributed by atoms with van der Waals surface area (Å²) in [5, 5.41) is 12.0. The maximum absolute atomic E-state index is 12.9. The Morgan fingerprint density at radius 1 is 1.30 bits per heavy atom. The molecule has 0 atom stereocenters. The Bertz CT molecular complexity index is 698. The number of aliphatic carboxylic acids is 1. The van der Waals surface area contributed by atoms with E-state index in [0.29, 0.717) is 30.0 Å². The SMILES string of the molecule is Cc1nc(Cc2ccc(F)cc2)sc1C(=O)NCCCC(=O)O. The minimum Gasteiger partial charge on any atom is -0.481 e. The summed E-state index contributed by atoms with van der Waals surface area (Å²) in [6.45, 7) is 2.08. The van der Waals surface area contributed by atoms with Crippen molar-refractivity contribution >= 4 is 23.2 Å². The van der Waals surface area contributed by atoms with E-state index >= 15 is 0 Å². The van der Waals surface area contributed by atoms with E-state index in [1.807, 2.05) is 0 Å². The number of carbonyl (C=O) groups is 2. The van der Waals surface area contributed by atoms with Crippen LogP contribution in [0.25, 0.3) is 0 Å². The van der Waals surface area contributed by atoms with Crippen LogP contribution in [0.15, 0.2) is 24.3 Å². The van der Waals surface area contributed by atoms with Gasteiger partial charge in [-0.3, -0.25) is 9.59 Å². The van der Waals surface area contributed by atoms with Crippen LogP contribution in [0.4, 0.5) is 4.39 Å². The summed E-state index contributed by atoms with van der Waals surface area (Å²) in [5.74, 6) is -1.41. The van der Waals surface area contributed by atoms with Gasteiger partial charge >= 0.3 is 5.97 Å². The van der Waals surface area contributed by atoms with Crippen molar-refractivity contribution < 1.29 is 19.1 Å².